The highest BCUT2D eigenvalue weighted by atomic mass is 35.5. The molecule has 2 nitrogen and oxygen atoms in total. The van der Waals surface area contributed by atoms with Crippen molar-refractivity contribution in [2.45, 2.75) is 13.3 Å². The van der Waals surface area contributed by atoms with Gasteiger partial charge in [-0.25, -0.2) is 14.4 Å². The van der Waals surface area contributed by atoms with Crippen LogP contribution in [0.1, 0.15) is 12.6 Å². The van der Waals surface area contributed by atoms with Gasteiger partial charge in [0, 0.05) is 17.5 Å². The monoisotopic (exact) mass is 236 g/mol. The van der Waals surface area contributed by atoms with Gasteiger partial charge in [-0.05, 0) is 30.7 Å². The number of nitrogens with zero attached hydrogens (tertiary/aromatic N) is 2. The number of benzene rings is 1. The maximum atomic E-state index is 13.0. The number of aromatic nitrogens is 2. The average Bonchev–Trinajstić information content (AvgIpc) is 2.33. The van der Waals surface area contributed by atoms with Crippen LogP contribution in [0.4, 0.5) is 4.39 Å². The van der Waals surface area contributed by atoms with Gasteiger partial charge in [0.1, 0.15) is 5.82 Å². The third-order valence-electron chi connectivity index (χ3n) is 2.25. The van der Waals surface area contributed by atoms with E-state index in [0.29, 0.717) is 5.82 Å². The molecule has 0 amide bonds. The van der Waals surface area contributed by atoms with Gasteiger partial charge in [-0.15, -0.1) is 0 Å². The van der Waals surface area contributed by atoms with E-state index >= 15 is 0 Å². The van der Waals surface area contributed by atoms with Crippen LogP contribution >= 0.6 is 11.6 Å². The third-order valence-corrected chi connectivity index (χ3v) is 2.54. The van der Waals surface area contributed by atoms with E-state index in [-0.39, 0.29) is 5.02 Å². The molecule has 0 bridgehead atoms. The molecule has 0 N–H and O–H groups in total. The fourth-order valence-corrected chi connectivity index (χ4v) is 1.55. The van der Waals surface area contributed by atoms with Gasteiger partial charge in [0.05, 0.1) is 5.02 Å². The number of hydrogen-bond acceptors (Lipinski definition) is 2. The number of halogens is 2. The van der Waals surface area contributed by atoms with Crippen LogP contribution in [-0.2, 0) is 6.42 Å². The van der Waals surface area contributed by atoms with Crippen LogP contribution in [0.3, 0.4) is 0 Å². The molecule has 0 atom stereocenters. The second-order valence-corrected chi connectivity index (χ2v) is 3.76. The molecule has 0 aliphatic carbocycles. The minimum atomic E-state index is -0.433. The second-order valence-electron chi connectivity index (χ2n) is 3.35. The lowest BCUT2D eigenvalue weighted by Crippen LogP contribution is -1.93. The average molecular weight is 237 g/mol. The SMILES string of the molecule is CCc1ccnc(-c2ccc(F)c(Cl)c2)n1. The summed E-state index contributed by atoms with van der Waals surface area (Å²) >= 11 is 5.71. The highest BCUT2D eigenvalue weighted by Gasteiger charge is 2.05. The first-order chi connectivity index (χ1) is 7.70. The molecular weight excluding hydrogens is 227 g/mol. The molecule has 0 aliphatic heterocycles. The van der Waals surface area contributed by atoms with Gasteiger partial charge >= 0.3 is 0 Å². The number of rotatable bonds is 2. The zero-order valence-electron chi connectivity index (χ0n) is 8.74. The summed E-state index contributed by atoms with van der Waals surface area (Å²) in [6, 6.07) is 6.33. The first-order valence-corrected chi connectivity index (χ1v) is 5.36. The Kier molecular flexibility index (Phi) is 3.15. The lowest BCUT2D eigenvalue weighted by atomic mass is 10.2. The molecule has 16 heavy (non-hydrogen) atoms. The minimum absolute atomic E-state index is 0.0861. The molecule has 1 aromatic carbocycles. The summed E-state index contributed by atoms with van der Waals surface area (Å²) < 4.78 is 13.0. The predicted octanol–water partition coefficient (Wildman–Crippen LogP) is 3.50. The summed E-state index contributed by atoms with van der Waals surface area (Å²) in [6.07, 6.45) is 2.53. The van der Waals surface area contributed by atoms with E-state index in [2.05, 4.69) is 9.97 Å². The van der Waals surface area contributed by atoms with E-state index in [1.807, 2.05) is 13.0 Å². The molecule has 0 aliphatic rings. The van der Waals surface area contributed by atoms with Crippen molar-refractivity contribution in [2.75, 3.05) is 0 Å². The summed E-state index contributed by atoms with van der Waals surface area (Å²) in [5.41, 5.74) is 1.67. The Morgan fingerprint density at radius 2 is 2.12 bits per heavy atom. The minimum Gasteiger partial charge on any atom is -0.237 e. The van der Waals surface area contributed by atoms with Gasteiger partial charge < -0.3 is 0 Å². The highest BCUT2D eigenvalue weighted by molar-refractivity contribution is 6.31. The fourth-order valence-electron chi connectivity index (χ4n) is 1.37. The first kappa shape index (κ1) is 11.0. The summed E-state index contributed by atoms with van der Waals surface area (Å²) in [7, 11) is 0. The Morgan fingerprint density at radius 3 is 2.81 bits per heavy atom. The molecule has 0 unspecified atom stereocenters. The summed E-state index contributed by atoms with van der Waals surface area (Å²) in [5.74, 6) is 0.137. The van der Waals surface area contributed by atoms with E-state index in [4.69, 9.17) is 11.6 Å². The Bertz CT molecular complexity index is 514. The lowest BCUT2D eigenvalue weighted by Gasteiger charge is -2.03. The van der Waals surface area contributed by atoms with Crippen molar-refractivity contribution >= 4 is 11.6 Å². The van der Waals surface area contributed by atoms with E-state index in [1.54, 1.807) is 12.3 Å². The molecular formula is C12H10ClFN2. The van der Waals surface area contributed by atoms with Crippen LogP contribution in [-0.4, -0.2) is 9.97 Å². The van der Waals surface area contributed by atoms with Crippen molar-refractivity contribution in [3.05, 3.63) is 47.0 Å². The van der Waals surface area contributed by atoms with E-state index in [9.17, 15) is 4.39 Å². The Morgan fingerprint density at radius 1 is 1.31 bits per heavy atom. The molecule has 1 aromatic heterocycles. The largest absolute Gasteiger partial charge is 0.237 e. The first-order valence-electron chi connectivity index (χ1n) is 4.98. The Hall–Kier alpha value is -1.48. The summed E-state index contributed by atoms with van der Waals surface area (Å²) in [5, 5.41) is 0.0861. The predicted molar refractivity (Wildman–Crippen MR) is 61.8 cm³/mol. The smallest absolute Gasteiger partial charge is 0.159 e. The van der Waals surface area contributed by atoms with Gasteiger partial charge in [0.2, 0.25) is 0 Å². The van der Waals surface area contributed by atoms with Gasteiger partial charge in [-0.1, -0.05) is 18.5 Å². The molecule has 0 saturated heterocycles. The Balaban J connectivity index is 2.46. The van der Waals surface area contributed by atoms with E-state index in [0.717, 1.165) is 17.7 Å². The van der Waals surface area contributed by atoms with Crippen molar-refractivity contribution in [1.82, 2.24) is 9.97 Å². The molecule has 4 heteroatoms. The van der Waals surface area contributed by atoms with E-state index in [1.165, 1.54) is 12.1 Å². The molecule has 0 fully saturated rings. The van der Waals surface area contributed by atoms with Crippen molar-refractivity contribution in [2.24, 2.45) is 0 Å². The molecule has 0 saturated carbocycles. The third kappa shape index (κ3) is 2.19. The molecule has 2 rings (SSSR count). The van der Waals surface area contributed by atoms with E-state index < -0.39 is 5.82 Å². The van der Waals surface area contributed by atoms with Crippen LogP contribution < -0.4 is 0 Å². The summed E-state index contributed by atoms with van der Waals surface area (Å²) in [4.78, 5) is 8.48. The fraction of sp³-hybridized carbons (Fsp3) is 0.167. The standard InChI is InChI=1S/C12H10ClFN2/c1-2-9-5-6-15-12(16-9)8-3-4-11(14)10(13)7-8/h3-7H,2H2,1H3. The normalized spacial score (nSPS) is 10.4. The van der Waals surface area contributed by atoms with Crippen molar-refractivity contribution in [3.63, 3.8) is 0 Å². The molecule has 1 heterocycles. The highest BCUT2D eigenvalue weighted by Crippen LogP contribution is 2.22. The van der Waals surface area contributed by atoms with Crippen molar-refractivity contribution in [3.8, 4) is 11.4 Å². The molecule has 82 valence electrons. The van der Waals surface area contributed by atoms with Crippen LogP contribution in [0.25, 0.3) is 11.4 Å². The van der Waals surface area contributed by atoms with Gasteiger partial charge in [-0.3, -0.25) is 0 Å². The second kappa shape index (κ2) is 4.58. The zero-order chi connectivity index (χ0) is 11.5. The Labute approximate surface area is 98.1 Å². The maximum absolute atomic E-state index is 13.0. The lowest BCUT2D eigenvalue weighted by molar-refractivity contribution is 0.628. The van der Waals surface area contributed by atoms with Crippen LogP contribution in [0.2, 0.25) is 5.02 Å². The van der Waals surface area contributed by atoms with Crippen LogP contribution in [0.15, 0.2) is 30.5 Å². The van der Waals surface area contributed by atoms with Crippen LogP contribution in [0.5, 0.6) is 0 Å². The molecule has 2 aromatic rings. The van der Waals surface area contributed by atoms with Crippen LogP contribution in [0, 0.1) is 5.82 Å². The number of hydrogen-bond donors (Lipinski definition) is 0. The van der Waals surface area contributed by atoms with Gasteiger partial charge in [0.25, 0.3) is 0 Å². The maximum Gasteiger partial charge on any atom is 0.159 e. The topological polar surface area (TPSA) is 25.8 Å². The van der Waals surface area contributed by atoms with Gasteiger partial charge in [-0.2, -0.15) is 0 Å². The summed E-state index contributed by atoms with van der Waals surface area (Å²) in [6.45, 7) is 2.02. The van der Waals surface area contributed by atoms with Crippen molar-refractivity contribution < 1.29 is 4.39 Å². The van der Waals surface area contributed by atoms with Crippen molar-refractivity contribution in [1.29, 1.82) is 0 Å². The zero-order valence-corrected chi connectivity index (χ0v) is 9.50. The molecule has 0 spiro atoms. The number of aryl methyl sites for hydroxylation is 1. The molecule has 0 radical (unpaired) electrons. The van der Waals surface area contributed by atoms with Gasteiger partial charge in [0.15, 0.2) is 5.82 Å². The quantitative estimate of drug-likeness (QED) is 0.798.